The van der Waals surface area contributed by atoms with Crippen molar-refractivity contribution in [1.29, 1.82) is 0 Å². The molecule has 0 spiro atoms. The van der Waals surface area contributed by atoms with E-state index in [9.17, 15) is 5.11 Å². The van der Waals surface area contributed by atoms with Crippen LogP contribution in [0.1, 0.15) is 43.2 Å². The largest absolute Gasteiger partial charge is 0.493 e. The molecular weight excluding hydrogens is 338 g/mol. The summed E-state index contributed by atoms with van der Waals surface area (Å²) in [6.07, 6.45) is 5.76. The molecule has 0 unspecified atom stereocenters. The third-order valence-electron chi connectivity index (χ3n) is 5.90. The van der Waals surface area contributed by atoms with Crippen LogP contribution in [0.5, 0.6) is 11.5 Å². The van der Waals surface area contributed by atoms with Gasteiger partial charge in [-0.3, -0.25) is 4.90 Å². The van der Waals surface area contributed by atoms with E-state index in [4.69, 9.17) is 9.47 Å². The van der Waals surface area contributed by atoms with Crippen LogP contribution in [-0.4, -0.2) is 36.3 Å². The summed E-state index contributed by atoms with van der Waals surface area (Å²) < 4.78 is 11.9. The van der Waals surface area contributed by atoms with Crippen LogP contribution in [0.15, 0.2) is 48.5 Å². The second-order valence-corrected chi connectivity index (χ2v) is 7.83. The fraction of sp³-hybridized carbons (Fsp3) is 0.478. The fourth-order valence-electron chi connectivity index (χ4n) is 4.38. The molecule has 2 aliphatic rings. The lowest BCUT2D eigenvalue weighted by atomic mass is 9.93. The first-order valence-corrected chi connectivity index (χ1v) is 10.0. The van der Waals surface area contributed by atoms with Crippen molar-refractivity contribution in [2.24, 2.45) is 0 Å². The SMILES string of the molecule is COc1cccc(CN2CC[C@@](O)(c3ccccc3)C2)c1OC1CCCC1. The lowest BCUT2D eigenvalue weighted by molar-refractivity contribution is 0.0451. The van der Waals surface area contributed by atoms with Gasteiger partial charge in [-0.15, -0.1) is 0 Å². The Morgan fingerprint density at radius 2 is 1.85 bits per heavy atom. The maximum Gasteiger partial charge on any atom is 0.166 e. The van der Waals surface area contributed by atoms with Gasteiger partial charge in [-0.2, -0.15) is 0 Å². The Labute approximate surface area is 161 Å². The molecule has 0 amide bonds. The number of hydrogen-bond acceptors (Lipinski definition) is 4. The molecule has 0 bridgehead atoms. The van der Waals surface area contributed by atoms with E-state index in [1.807, 2.05) is 42.5 Å². The normalized spacial score (nSPS) is 23.6. The van der Waals surface area contributed by atoms with E-state index >= 15 is 0 Å². The molecule has 4 rings (SSSR count). The number of benzene rings is 2. The van der Waals surface area contributed by atoms with Crippen molar-refractivity contribution < 1.29 is 14.6 Å². The summed E-state index contributed by atoms with van der Waals surface area (Å²) in [6, 6.07) is 16.1. The molecule has 1 atom stereocenters. The molecular formula is C23H29NO3. The second kappa shape index (κ2) is 7.91. The quantitative estimate of drug-likeness (QED) is 0.834. The van der Waals surface area contributed by atoms with Crippen LogP contribution in [0, 0.1) is 0 Å². The second-order valence-electron chi connectivity index (χ2n) is 7.83. The van der Waals surface area contributed by atoms with Crippen LogP contribution >= 0.6 is 0 Å². The van der Waals surface area contributed by atoms with Gasteiger partial charge in [-0.05, 0) is 43.7 Å². The number of rotatable bonds is 6. The summed E-state index contributed by atoms with van der Waals surface area (Å²) in [4.78, 5) is 2.31. The van der Waals surface area contributed by atoms with Crippen molar-refractivity contribution >= 4 is 0 Å². The van der Waals surface area contributed by atoms with Crippen molar-refractivity contribution in [3.05, 3.63) is 59.7 Å². The van der Waals surface area contributed by atoms with E-state index in [0.29, 0.717) is 12.6 Å². The van der Waals surface area contributed by atoms with E-state index in [1.165, 1.54) is 12.8 Å². The Bertz CT molecular complexity index is 757. The first kappa shape index (κ1) is 18.3. The summed E-state index contributed by atoms with van der Waals surface area (Å²) >= 11 is 0. The van der Waals surface area contributed by atoms with Crippen molar-refractivity contribution in [1.82, 2.24) is 4.90 Å². The lowest BCUT2D eigenvalue weighted by Crippen LogP contribution is -2.30. The Hall–Kier alpha value is -2.04. The summed E-state index contributed by atoms with van der Waals surface area (Å²) in [6.45, 7) is 2.26. The monoisotopic (exact) mass is 367 g/mol. The molecule has 1 saturated carbocycles. The minimum Gasteiger partial charge on any atom is -0.493 e. The van der Waals surface area contributed by atoms with Gasteiger partial charge in [0.15, 0.2) is 11.5 Å². The molecule has 1 saturated heterocycles. The van der Waals surface area contributed by atoms with Gasteiger partial charge in [0.2, 0.25) is 0 Å². The molecule has 4 nitrogen and oxygen atoms in total. The topological polar surface area (TPSA) is 41.9 Å². The zero-order valence-corrected chi connectivity index (χ0v) is 16.1. The van der Waals surface area contributed by atoms with Gasteiger partial charge in [0.05, 0.1) is 13.2 Å². The van der Waals surface area contributed by atoms with E-state index < -0.39 is 5.60 Å². The zero-order chi connectivity index (χ0) is 18.7. The fourth-order valence-corrected chi connectivity index (χ4v) is 4.38. The number of hydrogen-bond donors (Lipinski definition) is 1. The third-order valence-corrected chi connectivity index (χ3v) is 5.90. The number of likely N-dealkylation sites (tertiary alicyclic amines) is 1. The van der Waals surface area contributed by atoms with Gasteiger partial charge in [0.25, 0.3) is 0 Å². The Morgan fingerprint density at radius 3 is 2.59 bits per heavy atom. The standard InChI is InChI=1S/C23H29NO3/c1-26-21-13-7-8-18(22(21)27-20-11-5-6-12-20)16-24-15-14-23(25,17-24)19-9-3-2-4-10-19/h2-4,7-10,13,20,25H,5-6,11-12,14-17H2,1H3/t23-/m0/s1. The average Bonchev–Trinajstić information content (AvgIpc) is 3.34. The van der Waals surface area contributed by atoms with Crippen molar-refractivity contribution in [2.75, 3.05) is 20.2 Å². The van der Waals surface area contributed by atoms with Crippen LogP contribution < -0.4 is 9.47 Å². The van der Waals surface area contributed by atoms with E-state index in [0.717, 1.165) is 55.0 Å². The van der Waals surface area contributed by atoms with Crippen LogP contribution in [0.25, 0.3) is 0 Å². The van der Waals surface area contributed by atoms with Crippen molar-refractivity contribution in [3.63, 3.8) is 0 Å². The molecule has 144 valence electrons. The van der Waals surface area contributed by atoms with Crippen LogP contribution in [0.4, 0.5) is 0 Å². The van der Waals surface area contributed by atoms with Gasteiger partial charge in [-0.1, -0.05) is 42.5 Å². The summed E-state index contributed by atoms with van der Waals surface area (Å²) in [5, 5.41) is 11.1. The maximum absolute atomic E-state index is 11.1. The molecule has 27 heavy (non-hydrogen) atoms. The Kier molecular flexibility index (Phi) is 5.37. The van der Waals surface area contributed by atoms with E-state index in [1.54, 1.807) is 7.11 Å². The number of β-amino-alcohol motifs (C(OH)–C–C–N with tert-alkyl or cyclic N) is 1. The summed E-state index contributed by atoms with van der Waals surface area (Å²) in [5.41, 5.74) is 1.37. The van der Waals surface area contributed by atoms with Crippen LogP contribution in [-0.2, 0) is 12.1 Å². The Morgan fingerprint density at radius 1 is 1.07 bits per heavy atom. The highest BCUT2D eigenvalue weighted by Gasteiger charge is 2.37. The third kappa shape index (κ3) is 3.97. The van der Waals surface area contributed by atoms with Gasteiger partial charge < -0.3 is 14.6 Å². The molecule has 2 aromatic carbocycles. The molecule has 4 heteroatoms. The molecule has 1 aliphatic carbocycles. The molecule has 0 radical (unpaired) electrons. The minimum absolute atomic E-state index is 0.292. The number of para-hydroxylation sites is 1. The zero-order valence-electron chi connectivity index (χ0n) is 16.1. The lowest BCUT2D eigenvalue weighted by Gasteiger charge is -2.25. The first-order valence-electron chi connectivity index (χ1n) is 10.0. The number of ether oxygens (including phenoxy) is 2. The number of nitrogens with zero attached hydrogens (tertiary/aromatic N) is 1. The van der Waals surface area contributed by atoms with Gasteiger partial charge in [0, 0.05) is 25.2 Å². The molecule has 1 heterocycles. The van der Waals surface area contributed by atoms with Gasteiger partial charge in [-0.25, -0.2) is 0 Å². The molecule has 1 N–H and O–H groups in total. The smallest absolute Gasteiger partial charge is 0.166 e. The van der Waals surface area contributed by atoms with Gasteiger partial charge in [0.1, 0.15) is 5.60 Å². The maximum atomic E-state index is 11.1. The van der Waals surface area contributed by atoms with Crippen molar-refractivity contribution in [3.8, 4) is 11.5 Å². The highest BCUT2D eigenvalue weighted by Crippen LogP contribution is 2.38. The van der Waals surface area contributed by atoms with Crippen molar-refractivity contribution in [2.45, 2.75) is 50.4 Å². The molecule has 2 aromatic rings. The van der Waals surface area contributed by atoms with Crippen LogP contribution in [0.2, 0.25) is 0 Å². The average molecular weight is 367 g/mol. The van der Waals surface area contributed by atoms with Gasteiger partial charge >= 0.3 is 0 Å². The van der Waals surface area contributed by atoms with E-state index in [-0.39, 0.29) is 0 Å². The summed E-state index contributed by atoms with van der Waals surface area (Å²) in [5.74, 6) is 1.68. The highest BCUT2D eigenvalue weighted by molar-refractivity contribution is 5.47. The summed E-state index contributed by atoms with van der Waals surface area (Å²) in [7, 11) is 1.70. The minimum atomic E-state index is -0.771. The predicted octanol–water partition coefficient (Wildman–Crippen LogP) is 4.11. The predicted molar refractivity (Wildman–Crippen MR) is 106 cm³/mol. The molecule has 0 aromatic heterocycles. The Balaban J connectivity index is 1.51. The first-order chi connectivity index (χ1) is 13.2. The van der Waals surface area contributed by atoms with E-state index in [2.05, 4.69) is 11.0 Å². The highest BCUT2D eigenvalue weighted by atomic mass is 16.5. The number of methoxy groups -OCH3 is 1. The molecule has 1 aliphatic heterocycles. The molecule has 2 fully saturated rings. The number of aliphatic hydroxyl groups is 1. The van der Waals surface area contributed by atoms with Crippen LogP contribution in [0.3, 0.4) is 0 Å².